The number of aromatic nitrogens is 1. The second-order valence-electron chi connectivity index (χ2n) is 2.51. The number of amidine groups is 1. The Labute approximate surface area is 72.3 Å². The Kier molecular flexibility index (Phi) is 3.26. The van der Waals surface area contributed by atoms with Gasteiger partial charge in [-0.25, -0.2) is 0 Å². The molecule has 0 radical (unpaired) electrons. The van der Waals surface area contributed by atoms with Crippen LogP contribution in [0.1, 0.15) is 18.9 Å². The lowest BCUT2D eigenvalue weighted by atomic mass is 10.3. The van der Waals surface area contributed by atoms with Gasteiger partial charge in [-0.15, -0.1) is 0 Å². The molecule has 64 valence electrons. The molecular formula is C9H13N3. The van der Waals surface area contributed by atoms with Crippen molar-refractivity contribution in [3.05, 3.63) is 30.1 Å². The molecule has 1 rings (SSSR count). The smallest absolute Gasteiger partial charge is 0.127 e. The molecule has 12 heavy (non-hydrogen) atoms. The summed E-state index contributed by atoms with van der Waals surface area (Å²) in [5.41, 5.74) is 6.59. The number of hydrogen-bond donors (Lipinski definition) is 1. The number of aliphatic imine (C=N–C) groups is 1. The predicted molar refractivity (Wildman–Crippen MR) is 50.1 cm³/mol. The Morgan fingerprint density at radius 1 is 1.67 bits per heavy atom. The molecule has 0 saturated heterocycles. The fourth-order valence-electron chi connectivity index (χ4n) is 0.838. The van der Waals surface area contributed by atoms with Gasteiger partial charge in [0.05, 0.1) is 0 Å². The molecule has 1 aromatic heterocycles. The highest BCUT2D eigenvalue weighted by Crippen LogP contribution is 1.94. The highest BCUT2D eigenvalue weighted by molar-refractivity contribution is 5.97. The van der Waals surface area contributed by atoms with Gasteiger partial charge in [0.25, 0.3) is 0 Å². The third-order valence-corrected chi connectivity index (χ3v) is 1.46. The molecule has 0 aliphatic carbocycles. The van der Waals surface area contributed by atoms with E-state index in [1.165, 1.54) is 0 Å². The Hall–Kier alpha value is -1.38. The van der Waals surface area contributed by atoms with Crippen LogP contribution in [0.2, 0.25) is 0 Å². The van der Waals surface area contributed by atoms with Crippen LogP contribution >= 0.6 is 0 Å². The van der Waals surface area contributed by atoms with Crippen LogP contribution < -0.4 is 5.73 Å². The predicted octanol–water partition coefficient (Wildman–Crippen LogP) is 1.20. The maximum atomic E-state index is 5.69. The zero-order valence-electron chi connectivity index (χ0n) is 7.20. The molecule has 0 bridgehead atoms. The van der Waals surface area contributed by atoms with Crippen LogP contribution in [0.3, 0.4) is 0 Å². The van der Waals surface area contributed by atoms with Gasteiger partial charge < -0.3 is 5.73 Å². The van der Waals surface area contributed by atoms with E-state index in [2.05, 4.69) is 16.9 Å². The minimum Gasteiger partial charge on any atom is -0.383 e. The van der Waals surface area contributed by atoms with E-state index in [-0.39, 0.29) is 0 Å². The average Bonchev–Trinajstić information content (AvgIpc) is 2.15. The van der Waals surface area contributed by atoms with Gasteiger partial charge in [0.2, 0.25) is 0 Å². The summed E-state index contributed by atoms with van der Waals surface area (Å²) in [4.78, 5) is 8.12. The summed E-state index contributed by atoms with van der Waals surface area (Å²) >= 11 is 0. The number of hydrogen-bond acceptors (Lipinski definition) is 2. The van der Waals surface area contributed by atoms with E-state index in [9.17, 15) is 0 Å². The minimum atomic E-state index is 0.574. The molecule has 0 fully saturated rings. The maximum absolute atomic E-state index is 5.69. The fraction of sp³-hybridized carbons (Fsp3) is 0.333. The molecule has 0 unspecified atom stereocenters. The molecule has 0 aliphatic rings. The van der Waals surface area contributed by atoms with Crippen molar-refractivity contribution < 1.29 is 0 Å². The van der Waals surface area contributed by atoms with Crippen LogP contribution in [0.4, 0.5) is 0 Å². The first-order chi connectivity index (χ1) is 5.84. The van der Waals surface area contributed by atoms with Gasteiger partial charge in [0.1, 0.15) is 5.84 Å². The molecule has 0 aromatic carbocycles. The Bertz CT molecular complexity index is 254. The average molecular weight is 163 g/mol. The fourth-order valence-corrected chi connectivity index (χ4v) is 0.838. The van der Waals surface area contributed by atoms with Gasteiger partial charge in [-0.2, -0.15) is 0 Å². The van der Waals surface area contributed by atoms with E-state index in [1.807, 2.05) is 12.1 Å². The Morgan fingerprint density at radius 2 is 2.50 bits per heavy atom. The van der Waals surface area contributed by atoms with E-state index >= 15 is 0 Å². The quantitative estimate of drug-likeness (QED) is 0.537. The zero-order chi connectivity index (χ0) is 8.81. The summed E-state index contributed by atoms with van der Waals surface area (Å²) in [6, 6.07) is 3.76. The summed E-state index contributed by atoms with van der Waals surface area (Å²) in [5.74, 6) is 0.574. The number of nitrogens with two attached hydrogens (primary N) is 1. The van der Waals surface area contributed by atoms with E-state index in [0.29, 0.717) is 5.84 Å². The summed E-state index contributed by atoms with van der Waals surface area (Å²) in [7, 11) is 0. The first-order valence-corrected chi connectivity index (χ1v) is 4.05. The van der Waals surface area contributed by atoms with Crippen molar-refractivity contribution >= 4 is 5.84 Å². The van der Waals surface area contributed by atoms with Crippen molar-refractivity contribution in [3.63, 3.8) is 0 Å². The van der Waals surface area contributed by atoms with E-state index in [0.717, 1.165) is 18.5 Å². The Morgan fingerprint density at radius 3 is 3.08 bits per heavy atom. The summed E-state index contributed by atoms with van der Waals surface area (Å²) in [6.45, 7) is 2.85. The molecule has 1 aromatic rings. The number of nitrogens with zero attached hydrogens (tertiary/aromatic N) is 2. The van der Waals surface area contributed by atoms with Crippen LogP contribution in [-0.4, -0.2) is 17.4 Å². The van der Waals surface area contributed by atoms with Crippen molar-refractivity contribution in [3.8, 4) is 0 Å². The molecule has 3 nitrogen and oxygen atoms in total. The van der Waals surface area contributed by atoms with Crippen LogP contribution in [0.25, 0.3) is 0 Å². The summed E-state index contributed by atoms with van der Waals surface area (Å²) < 4.78 is 0. The van der Waals surface area contributed by atoms with Crippen molar-refractivity contribution in [2.24, 2.45) is 10.7 Å². The van der Waals surface area contributed by atoms with Crippen LogP contribution in [0.15, 0.2) is 29.5 Å². The van der Waals surface area contributed by atoms with Gasteiger partial charge >= 0.3 is 0 Å². The highest BCUT2D eigenvalue weighted by atomic mass is 14.8. The second kappa shape index (κ2) is 4.49. The maximum Gasteiger partial charge on any atom is 0.127 e. The van der Waals surface area contributed by atoms with E-state index in [1.54, 1.807) is 12.4 Å². The highest BCUT2D eigenvalue weighted by Gasteiger charge is 1.94. The van der Waals surface area contributed by atoms with Gasteiger partial charge in [-0.3, -0.25) is 9.98 Å². The molecule has 2 N–H and O–H groups in total. The second-order valence-corrected chi connectivity index (χ2v) is 2.51. The normalized spacial score (nSPS) is 11.6. The monoisotopic (exact) mass is 163 g/mol. The van der Waals surface area contributed by atoms with Crippen LogP contribution in [0.5, 0.6) is 0 Å². The number of rotatable bonds is 3. The molecule has 0 atom stereocenters. The zero-order valence-corrected chi connectivity index (χ0v) is 7.20. The lowest BCUT2D eigenvalue weighted by molar-refractivity contribution is 0.930. The van der Waals surface area contributed by atoms with Gasteiger partial charge in [-0.05, 0) is 18.6 Å². The Balaban J connectivity index is 2.71. The van der Waals surface area contributed by atoms with Gasteiger partial charge in [0, 0.05) is 24.5 Å². The van der Waals surface area contributed by atoms with Crippen LogP contribution in [0, 0.1) is 0 Å². The molecule has 0 aliphatic heterocycles. The minimum absolute atomic E-state index is 0.574. The summed E-state index contributed by atoms with van der Waals surface area (Å²) in [5, 5.41) is 0. The third-order valence-electron chi connectivity index (χ3n) is 1.46. The standard InChI is InChI=1S/C9H13N3/c1-2-5-12-9(10)8-4-3-6-11-7-8/h3-4,6-7H,2,5H2,1H3,(H2,10,12). The molecule has 0 spiro atoms. The van der Waals surface area contributed by atoms with Gasteiger partial charge in [-0.1, -0.05) is 6.92 Å². The van der Waals surface area contributed by atoms with Crippen LogP contribution in [-0.2, 0) is 0 Å². The van der Waals surface area contributed by atoms with Crippen molar-refractivity contribution in [1.29, 1.82) is 0 Å². The SMILES string of the molecule is CCCN=C(N)c1cccnc1. The molecule has 1 heterocycles. The summed E-state index contributed by atoms with van der Waals surface area (Å²) in [6.07, 6.45) is 4.45. The first kappa shape index (κ1) is 8.71. The first-order valence-electron chi connectivity index (χ1n) is 4.05. The van der Waals surface area contributed by atoms with E-state index < -0.39 is 0 Å². The number of pyridine rings is 1. The van der Waals surface area contributed by atoms with Crippen molar-refractivity contribution in [1.82, 2.24) is 4.98 Å². The lowest BCUT2D eigenvalue weighted by Crippen LogP contribution is -2.13. The largest absolute Gasteiger partial charge is 0.383 e. The van der Waals surface area contributed by atoms with Crippen molar-refractivity contribution in [2.75, 3.05) is 6.54 Å². The van der Waals surface area contributed by atoms with E-state index in [4.69, 9.17) is 5.73 Å². The molecule has 0 amide bonds. The van der Waals surface area contributed by atoms with Crippen molar-refractivity contribution in [2.45, 2.75) is 13.3 Å². The third kappa shape index (κ3) is 2.34. The lowest BCUT2D eigenvalue weighted by Gasteiger charge is -1.98. The molecular weight excluding hydrogens is 150 g/mol. The molecule has 0 saturated carbocycles. The topological polar surface area (TPSA) is 51.3 Å². The molecule has 3 heteroatoms. The van der Waals surface area contributed by atoms with Gasteiger partial charge in [0.15, 0.2) is 0 Å².